The molecule has 30 heavy (non-hydrogen) atoms. The largest absolute Gasteiger partial charge is 0.494 e. The summed E-state index contributed by atoms with van der Waals surface area (Å²) in [6, 6.07) is 16.1. The molecule has 0 radical (unpaired) electrons. The van der Waals surface area contributed by atoms with Crippen LogP contribution < -0.4 is 9.47 Å². The molecule has 2 aromatic heterocycles. The van der Waals surface area contributed by atoms with Gasteiger partial charge in [0.05, 0.1) is 13.3 Å². The van der Waals surface area contributed by atoms with Gasteiger partial charge >= 0.3 is 5.97 Å². The van der Waals surface area contributed by atoms with Crippen LogP contribution in [0.25, 0.3) is 22.2 Å². The average Bonchev–Trinajstić information content (AvgIpc) is 3.14. The van der Waals surface area contributed by atoms with Crippen LogP contribution in [-0.2, 0) is 17.9 Å². The van der Waals surface area contributed by atoms with Gasteiger partial charge in [-0.3, -0.25) is 4.79 Å². The molecular weight excluding hydrogens is 387 g/mol. The third-order valence-corrected chi connectivity index (χ3v) is 4.71. The van der Waals surface area contributed by atoms with Crippen LogP contribution in [0.5, 0.6) is 11.5 Å². The van der Waals surface area contributed by atoms with Gasteiger partial charge in [0.1, 0.15) is 24.5 Å². The fourth-order valence-electron chi connectivity index (χ4n) is 3.30. The Morgan fingerprint density at radius 1 is 1.17 bits per heavy atom. The van der Waals surface area contributed by atoms with E-state index in [-0.39, 0.29) is 18.9 Å². The van der Waals surface area contributed by atoms with E-state index in [9.17, 15) is 9.18 Å². The summed E-state index contributed by atoms with van der Waals surface area (Å²) in [4.78, 5) is 15.2. The van der Waals surface area contributed by atoms with E-state index in [1.165, 1.54) is 7.11 Å². The van der Waals surface area contributed by atoms with Crippen molar-refractivity contribution in [1.29, 1.82) is 0 Å². The maximum Gasteiger partial charge on any atom is 0.323 e. The minimum atomic E-state index is -0.929. The zero-order valence-corrected chi connectivity index (χ0v) is 16.2. The number of ether oxygens (including phenoxy) is 2. The van der Waals surface area contributed by atoms with Gasteiger partial charge in [-0.25, -0.2) is 9.37 Å². The van der Waals surface area contributed by atoms with Crippen LogP contribution in [0, 0.1) is 5.82 Å². The number of hydrogen-bond acceptors (Lipinski definition) is 4. The normalized spacial score (nSPS) is 10.9. The minimum absolute atomic E-state index is 0.148. The zero-order valence-electron chi connectivity index (χ0n) is 16.2. The molecule has 0 saturated carbocycles. The van der Waals surface area contributed by atoms with E-state index >= 15 is 0 Å². The monoisotopic (exact) mass is 406 g/mol. The number of hydrogen-bond donors (Lipinski definition) is 1. The van der Waals surface area contributed by atoms with Crippen LogP contribution in [0.1, 0.15) is 5.56 Å². The Morgan fingerprint density at radius 3 is 2.80 bits per heavy atom. The standard InChI is InChI=1S/C23H19FN2O4/c1-29-20-7-3-6-19(22(20)24)16-5-2-4-15(10-16)14-30-18-11-17-8-9-26(13-21(27)28)23(17)25-12-18/h2-12H,13-14H2,1H3,(H,27,28). The number of carboxylic acid groups (broad SMARTS) is 1. The van der Waals surface area contributed by atoms with Gasteiger partial charge in [0.2, 0.25) is 0 Å². The molecule has 0 aliphatic rings. The molecule has 152 valence electrons. The molecule has 0 saturated heterocycles. The Balaban J connectivity index is 1.52. The Hall–Kier alpha value is -3.87. The molecular formula is C23H19FN2O4. The number of fused-ring (bicyclic) bond motifs is 1. The predicted molar refractivity (Wildman–Crippen MR) is 110 cm³/mol. The first-order valence-corrected chi connectivity index (χ1v) is 9.26. The van der Waals surface area contributed by atoms with E-state index in [1.54, 1.807) is 41.2 Å². The molecule has 0 bridgehead atoms. The fourth-order valence-corrected chi connectivity index (χ4v) is 3.30. The third kappa shape index (κ3) is 3.96. The summed E-state index contributed by atoms with van der Waals surface area (Å²) in [7, 11) is 1.44. The number of rotatable bonds is 7. The Bertz CT molecular complexity index is 1220. The maximum atomic E-state index is 14.6. The third-order valence-electron chi connectivity index (χ3n) is 4.71. The molecule has 7 heteroatoms. The lowest BCUT2D eigenvalue weighted by Crippen LogP contribution is -2.07. The summed E-state index contributed by atoms with van der Waals surface area (Å²) in [5, 5.41) is 9.75. The highest BCUT2D eigenvalue weighted by molar-refractivity contribution is 5.79. The van der Waals surface area contributed by atoms with Crippen LogP contribution in [0.2, 0.25) is 0 Å². The number of aliphatic carboxylic acids is 1. The first kappa shape index (κ1) is 19.4. The average molecular weight is 406 g/mol. The highest BCUT2D eigenvalue weighted by atomic mass is 19.1. The van der Waals surface area contributed by atoms with E-state index in [4.69, 9.17) is 14.6 Å². The van der Waals surface area contributed by atoms with Gasteiger partial charge in [0.25, 0.3) is 0 Å². The number of methoxy groups -OCH3 is 1. The second-order valence-corrected chi connectivity index (χ2v) is 6.73. The van der Waals surface area contributed by atoms with Gasteiger partial charge < -0.3 is 19.1 Å². The number of nitrogens with zero attached hydrogens (tertiary/aromatic N) is 2. The molecule has 0 spiro atoms. The van der Waals surface area contributed by atoms with E-state index in [1.807, 2.05) is 30.3 Å². The lowest BCUT2D eigenvalue weighted by Gasteiger charge is -2.10. The number of carbonyl (C=O) groups is 1. The van der Waals surface area contributed by atoms with E-state index in [0.29, 0.717) is 17.0 Å². The smallest absolute Gasteiger partial charge is 0.323 e. The van der Waals surface area contributed by atoms with Crippen molar-refractivity contribution in [2.75, 3.05) is 7.11 Å². The molecule has 2 heterocycles. The lowest BCUT2D eigenvalue weighted by molar-refractivity contribution is -0.137. The van der Waals surface area contributed by atoms with Crippen molar-refractivity contribution in [3.63, 3.8) is 0 Å². The molecule has 0 aliphatic carbocycles. The van der Waals surface area contributed by atoms with Crippen molar-refractivity contribution in [3.05, 3.63) is 78.4 Å². The van der Waals surface area contributed by atoms with Crippen molar-refractivity contribution >= 4 is 17.0 Å². The number of carboxylic acids is 1. The van der Waals surface area contributed by atoms with Gasteiger partial charge in [0.15, 0.2) is 11.6 Å². The molecule has 1 N–H and O–H groups in total. The minimum Gasteiger partial charge on any atom is -0.494 e. The van der Waals surface area contributed by atoms with Crippen molar-refractivity contribution in [3.8, 4) is 22.6 Å². The van der Waals surface area contributed by atoms with E-state index < -0.39 is 11.8 Å². The second-order valence-electron chi connectivity index (χ2n) is 6.73. The summed E-state index contributed by atoms with van der Waals surface area (Å²) >= 11 is 0. The SMILES string of the molecule is COc1cccc(-c2cccc(COc3cnc4c(ccn4CC(=O)O)c3)c2)c1F. The number of halogens is 1. The molecule has 4 aromatic rings. The Labute approximate surface area is 172 Å². The van der Waals surface area contributed by atoms with Gasteiger partial charge in [-0.1, -0.05) is 30.3 Å². The molecule has 4 rings (SSSR count). The Kier molecular flexibility index (Phi) is 5.34. The lowest BCUT2D eigenvalue weighted by atomic mass is 10.0. The number of benzene rings is 2. The molecule has 0 unspecified atom stereocenters. The predicted octanol–water partition coefficient (Wildman–Crippen LogP) is 4.51. The van der Waals surface area contributed by atoms with Crippen molar-refractivity contribution in [2.24, 2.45) is 0 Å². The van der Waals surface area contributed by atoms with Gasteiger partial charge in [0, 0.05) is 17.1 Å². The number of aromatic nitrogens is 2. The summed E-state index contributed by atoms with van der Waals surface area (Å²) in [6.07, 6.45) is 3.24. The van der Waals surface area contributed by atoms with Crippen LogP contribution in [0.3, 0.4) is 0 Å². The fraction of sp³-hybridized carbons (Fsp3) is 0.130. The van der Waals surface area contributed by atoms with Crippen molar-refractivity contribution < 1.29 is 23.8 Å². The zero-order chi connectivity index (χ0) is 21.1. The summed E-state index contributed by atoms with van der Waals surface area (Å²) in [5.74, 6) is -0.572. The first-order valence-electron chi connectivity index (χ1n) is 9.26. The second kappa shape index (κ2) is 8.24. The topological polar surface area (TPSA) is 73.6 Å². The molecule has 0 aliphatic heterocycles. The van der Waals surface area contributed by atoms with Crippen LogP contribution in [0.4, 0.5) is 4.39 Å². The summed E-state index contributed by atoms with van der Waals surface area (Å²) in [5.41, 5.74) is 2.64. The van der Waals surface area contributed by atoms with Crippen molar-refractivity contribution in [2.45, 2.75) is 13.2 Å². The van der Waals surface area contributed by atoms with Gasteiger partial charge in [-0.2, -0.15) is 0 Å². The molecule has 0 amide bonds. The van der Waals surface area contributed by atoms with Crippen LogP contribution in [0.15, 0.2) is 67.0 Å². The van der Waals surface area contributed by atoms with Crippen LogP contribution >= 0.6 is 0 Å². The summed E-state index contributed by atoms with van der Waals surface area (Å²) in [6.45, 7) is 0.132. The maximum absolute atomic E-state index is 14.6. The summed E-state index contributed by atoms with van der Waals surface area (Å²) < 4.78 is 27.0. The highest BCUT2D eigenvalue weighted by Gasteiger charge is 2.11. The highest BCUT2D eigenvalue weighted by Crippen LogP contribution is 2.29. The van der Waals surface area contributed by atoms with E-state index in [2.05, 4.69) is 4.98 Å². The van der Waals surface area contributed by atoms with Gasteiger partial charge in [-0.15, -0.1) is 0 Å². The van der Waals surface area contributed by atoms with Crippen molar-refractivity contribution in [1.82, 2.24) is 9.55 Å². The molecule has 0 fully saturated rings. The van der Waals surface area contributed by atoms with Crippen LogP contribution in [-0.4, -0.2) is 27.7 Å². The molecule has 2 aromatic carbocycles. The molecule has 0 atom stereocenters. The first-order chi connectivity index (χ1) is 14.5. The number of pyridine rings is 1. The molecule has 6 nitrogen and oxygen atoms in total. The Morgan fingerprint density at radius 2 is 2.00 bits per heavy atom. The quantitative estimate of drug-likeness (QED) is 0.489. The van der Waals surface area contributed by atoms with Gasteiger partial charge in [-0.05, 0) is 35.4 Å². The van der Waals surface area contributed by atoms with E-state index in [0.717, 1.165) is 16.5 Å².